The highest BCUT2D eigenvalue weighted by Crippen LogP contribution is 2.13. The fraction of sp³-hybridized carbons (Fsp3) is 0.200. The molecule has 2 heterocycles. The summed E-state index contributed by atoms with van der Waals surface area (Å²) < 4.78 is 0. The van der Waals surface area contributed by atoms with E-state index in [1.165, 1.54) is 16.6 Å². The summed E-state index contributed by atoms with van der Waals surface area (Å²) in [5.74, 6) is 0. The Bertz CT molecular complexity index is 649. The maximum Gasteiger partial charge on any atom is 0.0794 e. The van der Waals surface area contributed by atoms with Crippen LogP contribution in [0.1, 0.15) is 11.3 Å². The van der Waals surface area contributed by atoms with Crippen molar-refractivity contribution in [1.82, 2.24) is 15.3 Å². The second kappa shape index (κ2) is 5.91. The number of hydrogen-bond donors (Lipinski definition) is 1. The fourth-order valence-corrected chi connectivity index (χ4v) is 2.64. The van der Waals surface area contributed by atoms with Crippen molar-refractivity contribution in [3.05, 3.63) is 58.7 Å². The van der Waals surface area contributed by atoms with Crippen molar-refractivity contribution in [3.63, 3.8) is 0 Å². The lowest BCUT2D eigenvalue weighted by Crippen LogP contribution is -2.16. The molecule has 0 radical (unpaired) electrons. The summed E-state index contributed by atoms with van der Waals surface area (Å²) in [6, 6.07) is 10.5. The molecule has 0 bridgehead atoms. The quantitative estimate of drug-likeness (QED) is 0.723. The third kappa shape index (κ3) is 3.16. The van der Waals surface area contributed by atoms with Crippen LogP contribution in [0.3, 0.4) is 0 Å². The summed E-state index contributed by atoms with van der Waals surface area (Å²) in [4.78, 5) is 8.60. The average Bonchev–Trinajstić information content (AvgIpc) is 2.97. The predicted octanol–water partition coefficient (Wildman–Crippen LogP) is 3.02. The molecule has 1 N–H and O–H groups in total. The maximum absolute atomic E-state index is 4.33. The van der Waals surface area contributed by atoms with Crippen molar-refractivity contribution in [3.8, 4) is 0 Å². The number of benzene rings is 1. The molecule has 0 spiro atoms. The van der Waals surface area contributed by atoms with Gasteiger partial charge in [0.2, 0.25) is 0 Å². The monoisotopic (exact) mass is 269 g/mol. The summed E-state index contributed by atoms with van der Waals surface area (Å²) in [6.07, 6.45) is 2.81. The van der Waals surface area contributed by atoms with Gasteiger partial charge in [-0.15, -0.1) is 11.3 Å². The number of rotatable bonds is 5. The summed E-state index contributed by atoms with van der Waals surface area (Å²) in [5.41, 5.74) is 5.39. The minimum absolute atomic E-state index is 0.884. The van der Waals surface area contributed by atoms with Gasteiger partial charge in [0, 0.05) is 36.5 Å². The van der Waals surface area contributed by atoms with Crippen LogP contribution in [0, 0.1) is 0 Å². The number of hydrogen-bond acceptors (Lipinski definition) is 4. The number of thiazole rings is 1. The first-order chi connectivity index (χ1) is 9.42. The first-order valence-electron chi connectivity index (χ1n) is 6.33. The SMILES string of the molecule is c1cnc2ccc(CNCCc3cscn3)cc2c1. The molecule has 0 amide bonds. The van der Waals surface area contributed by atoms with Gasteiger partial charge >= 0.3 is 0 Å². The number of nitrogens with zero attached hydrogens (tertiary/aromatic N) is 2. The molecule has 1 aromatic carbocycles. The van der Waals surface area contributed by atoms with Crippen LogP contribution in [0.25, 0.3) is 10.9 Å². The van der Waals surface area contributed by atoms with Gasteiger partial charge in [-0.25, -0.2) is 4.98 Å². The van der Waals surface area contributed by atoms with Crippen LogP contribution in [-0.2, 0) is 13.0 Å². The molecule has 3 nitrogen and oxygen atoms in total. The normalized spacial score (nSPS) is 10.9. The Hall–Kier alpha value is -1.78. The van der Waals surface area contributed by atoms with Gasteiger partial charge in [0.15, 0.2) is 0 Å². The van der Waals surface area contributed by atoms with Crippen molar-refractivity contribution in [1.29, 1.82) is 0 Å². The van der Waals surface area contributed by atoms with Crippen molar-refractivity contribution in [2.75, 3.05) is 6.54 Å². The molecule has 3 aromatic rings. The maximum atomic E-state index is 4.33. The molecule has 0 saturated heterocycles. The Kier molecular flexibility index (Phi) is 3.81. The van der Waals surface area contributed by atoms with Gasteiger partial charge in [-0.2, -0.15) is 0 Å². The van der Waals surface area contributed by atoms with Crippen LogP contribution in [0.4, 0.5) is 0 Å². The van der Waals surface area contributed by atoms with Gasteiger partial charge < -0.3 is 5.32 Å². The molecule has 19 heavy (non-hydrogen) atoms. The lowest BCUT2D eigenvalue weighted by molar-refractivity contribution is 0.682. The number of fused-ring (bicyclic) bond motifs is 1. The van der Waals surface area contributed by atoms with Gasteiger partial charge in [-0.1, -0.05) is 12.1 Å². The Labute approximate surface area is 116 Å². The van der Waals surface area contributed by atoms with E-state index in [0.717, 1.165) is 25.0 Å². The van der Waals surface area contributed by atoms with E-state index >= 15 is 0 Å². The van der Waals surface area contributed by atoms with E-state index in [-0.39, 0.29) is 0 Å². The van der Waals surface area contributed by atoms with E-state index in [1.807, 2.05) is 17.8 Å². The summed E-state index contributed by atoms with van der Waals surface area (Å²) in [6.45, 7) is 1.84. The molecule has 0 saturated carbocycles. The summed E-state index contributed by atoms with van der Waals surface area (Å²) in [7, 11) is 0. The minimum atomic E-state index is 0.884. The summed E-state index contributed by atoms with van der Waals surface area (Å²) >= 11 is 1.65. The van der Waals surface area contributed by atoms with Gasteiger partial charge in [0.05, 0.1) is 16.7 Å². The molecular weight excluding hydrogens is 254 g/mol. The smallest absolute Gasteiger partial charge is 0.0794 e. The second-order valence-corrected chi connectivity index (χ2v) is 5.16. The zero-order chi connectivity index (χ0) is 12.9. The fourth-order valence-electron chi connectivity index (χ4n) is 2.05. The largest absolute Gasteiger partial charge is 0.312 e. The lowest BCUT2D eigenvalue weighted by Gasteiger charge is -2.05. The molecule has 0 aliphatic carbocycles. The van der Waals surface area contributed by atoms with Gasteiger partial charge in [-0.05, 0) is 23.8 Å². The zero-order valence-electron chi connectivity index (χ0n) is 10.5. The van der Waals surface area contributed by atoms with Gasteiger partial charge in [0.1, 0.15) is 0 Å². The third-order valence-corrected chi connectivity index (χ3v) is 3.67. The highest BCUT2D eigenvalue weighted by atomic mass is 32.1. The number of nitrogens with one attached hydrogen (secondary N) is 1. The Balaban J connectivity index is 1.56. The average molecular weight is 269 g/mol. The summed E-state index contributed by atoms with van der Waals surface area (Å²) in [5, 5.41) is 6.75. The lowest BCUT2D eigenvalue weighted by atomic mass is 10.1. The Morgan fingerprint density at radius 1 is 1.16 bits per heavy atom. The second-order valence-electron chi connectivity index (χ2n) is 4.44. The van der Waals surface area contributed by atoms with E-state index in [1.54, 1.807) is 11.3 Å². The van der Waals surface area contributed by atoms with Crippen LogP contribution < -0.4 is 5.32 Å². The molecule has 0 aliphatic rings. The molecule has 0 aliphatic heterocycles. The minimum Gasteiger partial charge on any atom is -0.312 e. The molecule has 0 atom stereocenters. The molecule has 3 rings (SSSR count). The van der Waals surface area contributed by atoms with Crippen molar-refractivity contribution in [2.24, 2.45) is 0 Å². The van der Waals surface area contributed by atoms with E-state index in [2.05, 4.69) is 44.9 Å². The van der Waals surface area contributed by atoms with Crippen molar-refractivity contribution >= 4 is 22.2 Å². The third-order valence-electron chi connectivity index (χ3n) is 3.04. The molecule has 0 fully saturated rings. The van der Waals surface area contributed by atoms with E-state index < -0.39 is 0 Å². The van der Waals surface area contributed by atoms with Gasteiger partial charge in [0.25, 0.3) is 0 Å². The molecule has 0 unspecified atom stereocenters. The van der Waals surface area contributed by atoms with Gasteiger partial charge in [-0.3, -0.25) is 4.98 Å². The topological polar surface area (TPSA) is 37.8 Å². The molecular formula is C15H15N3S. The van der Waals surface area contributed by atoms with Crippen molar-refractivity contribution in [2.45, 2.75) is 13.0 Å². The van der Waals surface area contributed by atoms with Crippen LogP contribution in [-0.4, -0.2) is 16.5 Å². The Morgan fingerprint density at radius 3 is 3.05 bits per heavy atom. The van der Waals surface area contributed by atoms with Crippen LogP contribution >= 0.6 is 11.3 Å². The highest BCUT2D eigenvalue weighted by molar-refractivity contribution is 7.07. The molecule has 96 valence electrons. The van der Waals surface area contributed by atoms with E-state index in [9.17, 15) is 0 Å². The van der Waals surface area contributed by atoms with Crippen LogP contribution in [0.15, 0.2) is 47.4 Å². The van der Waals surface area contributed by atoms with E-state index in [4.69, 9.17) is 0 Å². The standard InChI is InChI=1S/C15H15N3S/c1-2-13-8-12(3-4-15(13)17-6-1)9-16-7-5-14-10-19-11-18-14/h1-4,6,8,10-11,16H,5,7,9H2. The van der Waals surface area contributed by atoms with E-state index in [0.29, 0.717) is 0 Å². The van der Waals surface area contributed by atoms with Crippen LogP contribution in [0.5, 0.6) is 0 Å². The Morgan fingerprint density at radius 2 is 2.16 bits per heavy atom. The van der Waals surface area contributed by atoms with Crippen LogP contribution in [0.2, 0.25) is 0 Å². The van der Waals surface area contributed by atoms with Crippen molar-refractivity contribution < 1.29 is 0 Å². The molecule has 4 heteroatoms. The first-order valence-corrected chi connectivity index (χ1v) is 7.27. The number of pyridine rings is 1. The highest BCUT2D eigenvalue weighted by Gasteiger charge is 1.98. The predicted molar refractivity (Wildman–Crippen MR) is 79.3 cm³/mol. The zero-order valence-corrected chi connectivity index (χ0v) is 11.4. The molecule has 2 aromatic heterocycles. The first kappa shape index (κ1) is 12.3. The number of aromatic nitrogens is 2.